The van der Waals surface area contributed by atoms with Crippen molar-refractivity contribution in [2.75, 3.05) is 40.3 Å². The molecule has 0 rings (SSSR count). The summed E-state index contributed by atoms with van der Waals surface area (Å²) in [5.74, 6) is 0. The molecule has 0 bridgehead atoms. The predicted molar refractivity (Wildman–Crippen MR) is 61.0 cm³/mol. The summed E-state index contributed by atoms with van der Waals surface area (Å²) < 4.78 is 0. The van der Waals surface area contributed by atoms with E-state index in [9.17, 15) is 0 Å². The minimum Gasteiger partial charge on any atom is -0.392 e. The van der Waals surface area contributed by atoms with Crippen molar-refractivity contribution < 1.29 is 5.11 Å². The normalized spacial score (nSPS) is 12.2. The lowest BCUT2D eigenvalue weighted by molar-refractivity contribution is 0.175. The summed E-state index contributed by atoms with van der Waals surface area (Å²) in [6.07, 6.45) is 1.31. The summed E-state index contributed by atoms with van der Waals surface area (Å²) >= 11 is 0. The van der Waals surface area contributed by atoms with E-state index in [-0.39, 0.29) is 0 Å². The van der Waals surface area contributed by atoms with Crippen LogP contribution in [0.2, 0.25) is 0 Å². The van der Waals surface area contributed by atoms with Gasteiger partial charge in [-0.3, -0.25) is 0 Å². The van der Waals surface area contributed by atoms with Crippen molar-refractivity contribution in [2.45, 2.75) is 18.9 Å². The van der Waals surface area contributed by atoms with Crippen LogP contribution in [-0.4, -0.2) is 56.4 Å². The highest BCUT2D eigenvalue weighted by Gasteiger charge is 1.95. The zero-order chi connectivity index (χ0) is 11.4. The quantitative estimate of drug-likeness (QED) is 0.426. The average molecular weight is 206 g/mol. The van der Waals surface area contributed by atoms with E-state index in [4.69, 9.17) is 22.3 Å². The van der Waals surface area contributed by atoms with Gasteiger partial charge in [0.2, 0.25) is 0 Å². The Morgan fingerprint density at radius 3 is 1.86 bits per heavy atom. The second-order valence-electron chi connectivity index (χ2n) is 3.41. The van der Waals surface area contributed by atoms with Crippen molar-refractivity contribution in [3.05, 3.63) is 0 Å². The summed E-state index contributed by atoms with van der Waals surface area (Å²) in [5.41, 5.74) is 15.4. The summed E-state index contributed by atoms with van der Waals surface area (Å²) in [6, 6.07) is 0. The van der Waals surface area contributed by atoms with Gasteiger partial charge in [-0.1, -0.05) is 0 Å². The van der Waals surface area contributed by atoms with Crippen molar-refractivity contribution in [3.63, 3.8) is 0 Å². The van der Waals surface area contributed by atoms with Crippen LogP contribution >= 0.6 is 0 Å². The smallest absolute Gasteiger partial charge is 0.0674 e. The summed E-state index contributed by atoms with van der Waals surface area (Å²) in [7, 11) is 4.10. The van der Waals surface area contributed by atoms with E-state index in [0.717, 1.165) is 19.5 Å². The van der Waals surface area contributed by atoms with Gasteiger partial charge in [0.1, 0.15) is 0 Å². The highest BCUT2D eigenvalue weighted by Crippen LogP contribution is 1.81. The van der Waals surface area contributed by atoms with E-state index in [1.54, 1.807) is 0 Å². The maximum absolute atomic E-state index is 8.65. The highest BCUT2D eigenvalue weighted by atomic mass is 16.3. The molecule has 0 heterocycles. The Bertz CT molecular complexity index is 101. The first-order valence-corrected chi connectivity index (χ1v) is 5.01. The summed E-state index contributed by atoms with van der Waals surface area (Å²) in [5, 5.41) is 8.65. The fourth-order valence-corrected chi connectivity index (χ4v) is 0.718. The molecule has 1 unspecified atom stereocenters. The standard InChI is InChI=1S/C5H14N2.C4H12N2O/c1-7(2)5-3-4-6;5-2-1-4(7)3-6/h3-6H2,1-2H3;4,7H,1-3,5-6H2. The molecule has 0 spiro atoms. The van der Waals surface area contributed by atoms with Gasteiger partial charge in [-0.05, 0) is 46.6 Å². The third-order valence-electron chi connectivity index (χ3n) is 1.58. The lowest BCUT2D eigenvalue weighted by Gasteiger charge is -2.05. The molecular formula is C9H26N4O. The van der Waals surface area contributed by atoms with Gasteiger partial charge in [0.05, 0.1) is 6.10 Å². The molecule has 0 aliphatic carbocycles. The van der Waals surface area contributed by atoms with Gasteiger partial charge >= 0.3 is 0 Å². The molecule has 0 aliphatic rings. The second-order valence-corrected chi connectivity index (χ2v) is 3.41. The van der Waals surface area contributed by atoms with Gasteiger partial charge in [-0.2, -0.15) is 0 Å². The molecule has 0 saturated heterocycles. The van der Waals surface area contributed by atoms with Gasteiger partial charge in [0.25, 0.3) is 0 Å². The van der Waals surface area contributed by atoms with Crippen molar-refractivity contribution in [1.82, 2.24) is 4.90 Å². The Morgan fingerprint density at radius 2 is 1.71 bits per heavy atom. The zero-order valence-electron chi connectivity index (χ0n) is 9.45. The molecule has 5 heteroatoms. The van der Waals surface area contributed by atoms with E-state index < -0.39 is 6.10 Å². The number of nitrogens with zero attached hydrogens (tertiary/aromatic N) is 1. The molecule has 0 aromatic carbocycles. The van der Waals surface area contributed by atoms with E-state index in [0.29, 0.717) is 19.5 Å². The molecule has 88 valence electrons. The lowest BCUT2D eigenvalue weighted by atomic mass is 10.3. The van der Waals surface area contributed by atoms with Gasteiger partial charge < -0.3 is 27.2 Å². The van der Waals surface area contributed by atoms with Crippen molar-refractivity contribution >= 4 is 0 Å². The Morgan fingerprint density at radius 1 is 1.14 bits per heavy atom. The third kappa shape index (κ3) is 17.8. The highest BCUT2D eigenvalue weighted by molar-refractivity contribution is 4.53. The van der Waals surface area contributed by atoms with Crippen LogP contribution in [0.15, 0.2) is 0 Å². The average Bonchev–Trinajstić information content (AvgIpc) is 2.16. The molecule has 0 fully saturated rings. The number of hydrogen-bond acceptors (Lipinski definition) is 5. The Labute approximate surface area is 87.2 Å². The number of aliphatic hydroxyl groups is 1. The summed E-state index contributed by atoms with van der Waals surface area (Å²) in [6.45, 7) is 2.74. The minimum atomic E-state index is -0.398. The van der Waals surface area contributed by atoms with Gasteiger partial charge in [0, 0.05) is 6.54 Å². The lowest BCUT2D eigenvalue weighted by Crippen LogP contribution is -2.22. The topological polar surface area (TPSA) is 102 Å². The Hall–Kier alpha value is -0.200. The van der Waals surface area contributed by atoms with Gasteiger partial charge in [-0.15, -0.1) is 0 Å². The molecule has 7 N–H and O–H groups in total. The minimum absolute atomic E-state index is 0.317. The number of aliphatic hydroxyl groups excluding tert-OH is 1. The SMILES string of the molecule is CN(C)CCCN.NCCC(O)CN. The Balaban J connectivity index is 0. The largest absolute Gasteiger partial charge is 0.392 e. The molecule has 0 aliphatic heterocycles. The predicted octanol–water partition coefficient (Wildman–Crippen LogP) is -1.45. The van der Waals surface area contributed by atoms with E-state index in [1.807, 2.05) is 0 Å². The van der Waals surface area contributed by atoms with E-state index in [1.165, 1.54) is 0 Å². The molecular weight excluding hydrogens is 180 g/mol. The number of nitrogens with two attached hydrogens (primary N) is 3. The van der Waals surface area contributed by atoms with Crippen LogP contribution in [0.1, 0.15) is 12.8 Å². The number of hydrogen-bond donors (Lipinski definition) is 4. The molecule has 0 aromatic rings. The Kier molecular flexibility index (Phi) is 14.8. The van der Waals surface area contributed by atoms with Crippen LogP contribution in [0.25, 0.3) is 0 Å². The molecule has 14 heavy (non-hydrogen) atoms. The van der Waals surface area contributed by atoms with E-state index >= 15 is 0 Å². The molecule has 0 saturated carbocycles. The zero-order valence-corrected chi connectivity index (χ0v) is 9.45. The first kappa shape index (κ1) is 16.2. The van der Waals surface area contributed by atoms with Crippen LogP contribution in [-0.2, 0) is 0 Å². The van der Waals surface area contributed by atoms with Crippen molar-refractivity contribution in [2.24, 2.45) is 17.2 Å². The van der Waals surface area contributed by atoms with Crippen LogP contribution in [0, 0.1) is 0 Å². The maximum atomic E-state index is 8.65. The second kappa shape index (κ2) is 12.8. The molecule has 5 nitrogen and oxygen atoms in total. The molecule has 0 aromatic heterocycles. The molecule has 1 atom stereocenters. The van der Waals surface area contributed by atoms with Crippen LogP contribution < -0.4 is 17.2 Å². The fraction of sp³-hybridized carbons (Fsp3) is 1.00. The fourth-order valence-electron chi connectivity index (χ4n) is 0.718. The van der Waals surface area contributed by atoms with Crippen LogP contribution in [0.3, 0.4) is 0 Å². The first-order chi connectivity index (χ1) is 6.58. The van der Waals surface area contributed by atoms with Crippen LogP contribution in [0.5, 0.6) is 0 Å². The van der Waals surface area contributed by atoms with Crippen LogP contribution in [0.4, 0.5) is 0 Å². The summed E-state index contributed by atoms with van der Waals surface area (Å²) in [4.78, 5) is 2.13. The first-order valence-electron chi connectivity index (χ1n) is 5.01. The van der Waals surface area contributed by atoms with Gasteiger partial charge in [0.15, 0.2) is 0 Å². The third-order valence-corrected chi connectivity index (χ3v) is 1.58. The van der Waals surface area contributed by atoms with Crippen molar-refractivity contribution in [3.8, 4) is 0 Å². The van der Waals surface area contributed by atoms with Crippen molar-refractivity contribution in [1.29, 1.82) is 0 Å². The number of rotatable bonds is 6. The van der Waals surface area contributed by atoms with E-state index in [2.05, 4.69) is 19.0 Å². The molecule has 0 amide bonds. The maximum Gasteiger partial charge on any atom is 0.0674 e. The molecule has 0 radical (unpaired) electrons. The van der Waals surface area contributed by atoms with Gasteiger partial charge in [-0.25, -0.2) is 0 Å². The monoisotopic (exact) mass is 206 g/mol.